The molecule has 0 radical (unpaired) electrons. The molecular weight excluding hydrogens is 277 g/mol. The highest BCUT2D eigenvalue weighted by molar-refractivity contribution is 6.34. The molecular formula is C11H13Cl2N3O2. The average Bonchev–Trinajstić information content (AvgIpc) is 2.85. The monoisotopic (exact) mass is 289 g/mol. The maximum absolute atomic E-state index is 12.0. The van der Waals surface area contributed by atoms with E-state index in [9.17, 15) is 4.79 Å². The molecule has 1 aliphatic rings. The summed E-state index contributed by atoms with van der Waals surface area (Å²) < 4.78 is 5.29. The van der Waals surface area contributed by atoms with E-state index in [0.29, 0.717) is 12.5 Å². The number of ether oxygens (including phenoxy) is 1. The molecule has 1 saturated heterocycles. The van der Waals surface area contributed by atoms with E-state index < -0.39 is 0 Å². The summed E-state index contributed by atoms with van der Waals surface area (Å²) in [6, 6.07) is 1.42. The van der Waals surface area contributed by atoms with Gasteiger partial charge in [0.05, 0.1) is 12.2 Å². The van der Waals surface area contributed by atoms with Gasteiger partial charge in [0.15, 0.2) is 10.3 Å². The molecule has 2 unspecified atom stereocenters. The smallest absolute Gasteiger partial charge is 0.254 e. The Morgan fingerprint density at radius 2 is 2.33 bits per heavy atom. The van der Waals surface area contributed by atoms with Crippen LogP contribution in [-0.4, -0.2) is 35.4 Å². The first-order chi connectivity index (χ1) is 8.58. The topological polar surface area (TPSA) is 64.1 Å². The fourth-order valence-electron chi connectivity index (χ4n) is 1.86. The number of amides is 1. The number of hydrogen-bond acceptors (Lipinski definition) is 4. The van der Waals surface area contributed by atoms with Crippen molar-refractivity contribution in [2.75, 3.05) is 13.2 Å². The van der Waals surface area contributed by atoms with E-state index in [2.05, 4.69) is 15.5 Å². The molecule has 1 fully saturated rings. The molecule has 2 heterocycles. The van der Waals surface area contributed by atoms with Gasteiger partial charge in [-0.25, -0.2) is 0 Å². The van der Waals surface area contributed by atoms with Crippen molar-refractivity contribution in [3.05, 3.63) is 21.9 Å². The minimum Gasteiger partial charge on any atom is -0.381 e. The summed E-state index contributed by atoms with van der Waals surface area (Å²) in [6.07, 6.45) is 0.949. The zero-order valence-electron chi connectivity index (χ0n) is 9.82. The molecule has 1 aromatic rings. The number of nitrogens with one attached hydrogen (secondary N) is 1. The number of hydrogen-bond donors (Lipinski definition) is 1. The molecule has 1 N–H and O–H groups in total. The first-order valence-corrected chi connectivity index (χ1v) is 6.41. The van der Waals surface area contributed by atoms with E-state index in [0.717, 1.165) is 13.0 Å². The SMILES string of the molecule is CC(NC(=O)c1cc(Cl)nnc1Cl)C1CCOC1. The maximum atomic E-state index is 12.0. The molecule has 0 aromatic carbocycles. The lowest BCUT2D eigenvalue weighted by Gasteiger charge is -2.19. The minimum absolute atomic E-state index is 0.0167. The summed E-state index contributed by atoms with van der Waals surface area (Å²) >= 11 is 11.5. The first kappa shape index (κ1) is 13.5. The van der Waals surface area contributed by atoms with Gasteiger partial charge < -0.3 is 10.1 Å². The van der Waals surface area contributed by atoms with Crippen LogP contribution in [0.1, 0.15) is 23.7 Å². The van der Waals surface area contributed by atoms with E-state index in [1.54, 1.807) is 0 Å². The fraction of sp³-hybridized carbons (Fsp3) is 0.545. The normalized spacial score (nSPS) is 20.7. The molecule has 2 rings (SSSR count). The van der Waals surface area contributed by atoms with Gasteiger partial charge in [0, 0.05) is 18.6 Å². The molecule has 0 bridgehead atoms. The van der Waals surface area contributed by atoms with Crippen LogP contribution in [0.25, 0.3) is 0 Å². The molecule has 98 valence electrons. The van der Waals surface area contributed by atoms with Gasteiger partial charge in [-0.2, -0.15) is 0 Å². The van der Waals surface area contributed by atoms with Gasteiger partial charge >= 0.3 is 0 Å². The van der Waals surface area contributed by atoms with Crippen molar-refractivity contribution in [1.82, 2.24) is 15.5 Å². The highest BCUT2D eigenvalue weighted by atomic mass is 35.5. The van der Waals surface area contributed by atoms with Crippen LogP contribution in [0.2, 0.25) is 10.3 Å². The van der Waals surface area contributed by atoms with E-state index in [4.69, 9.17) is 27.9 Å². The number of carbonyl (C=O) groups is 1. The summed E-state index contributed by atoms with van der Waals surface area (Å²) in [5, 5.41) is 10.2. The van der Waals surface area contributed by atoms with Crippen molar-refractivity contribution in [2.45, 2.75) is 19.4 Å². The minimum atomic E-state index is -0.295. The van der Waals surface area contributed by atoms with Gasteiger partial charge in [0.1, 0.15) is 0 Å². The van der Waals surface area contributed by atoms with E-state index in [1.165, 1.54) is 6.07 Å². The highest BCUT2D eigenvalue weighted by Gasteiger charge is 2.24. The number of rotatable bonds is 3. The van der Waals surface area contributed by atoms with Crippen LogP contribution in [-0.2, 0) is 4.74 Å². The Bertz CT molecular complexity index is 450. The summed E-state index contributed by atoms with van der Waals surface area (Å²) in [5.41, 5.74) is 0.238. The van der Waals surface area contributed by atoms with Gasteiger partial charge in [0.2, 0.25) is 0 Å². The summed E-state index contributed by atoms with van der Waals surface area (Å²) in [7, 11) is 0. The van der Waals surface area contributed by atoms with Crippen molar-refractivity contribution in [3.63, 3.8) is 0 Å². The van der Waals surface area contributed by atoms with Crippen molar-refractivity contribution in [2.24, 2.45) is 5.92 Å². The van der Waals surface area contributed by atoms with E-state index >= 15 is 0 Å². The number of nitrogens with zero attached hydrogens (tertiary/aromatic N) is 2. The maximum Gasteiger partial charge on any atom is 0.254 e. The summed E-state index contributed by atoms with van der Waals surface area (Å²) in [5.74, 6) is 0.0363. The van der Waals surface area contributed by atoms with Gasteiger partial charge in [-0.15, -0.1) is 10.2 Å². The zero-order valence-corrected chi connectivity index (χ0v) is 11.3. The third-order valence-electron chi connectivity index (χ3n) is 2.99. The Morgan fingerprint density at radius 1 is 1.56 bits per heavy atom. The second-order valence-electron chi connectivity index (χ2n) is 4.26. The largest absolute Gasteiger partial charge is 0.381 e. The standard InChI is InChI=1S/C11H13Cl2N3O2/c1-6(7-2-3-18-5-7)14-11(17)8-4-9(12)15-16-10(8)13/h4,6-7H,2-3,5H2,1H3,(H,14,17). The number of carbonyl (C=O) groups excluding carboxylic acids is 1. The molecule has 1 amide bonds. The molecule has 0 spiro atoms. The Kier molecular flexibility index (Phi) is 4.37. The van der Waals surface area contributed by atoms with Crippen LogP contribution in [0.3, 0.4) is 0 Å². The van der Waals surface area contributed by atoms with Gasteiger partial charge in [-0.1, -0.05) is 23.2 Å². The van der Waals surface area contributed by atoms with Crippen LogP contribution in [0, 0.1) is 5.92 Å². The summed E-state index contributed by atoms with van der Waals surface area (Å²) in [6.45, 7) is 3.36. The third-order valence-corrected chi connectivity index (χ3v) is 3.46. The quantitative estimate of drug-likeness (QED) is 0.924. The predicted molar refractivity (Wildman–Crippen MR) is 67.9 cm³/mol. The first-order valence-electron chi connectivity index (χ1n) is 5.65. The van der Waals surface area contributed by atoms with E-state index in [-0.39, 0.29) is 27.8 Å². The molecule has 0 aliphatic carbocycles. The lowest BCUT2D eigenvalue weighted by Crippen LogP contribution is -2.38. The predicted octanol–water partition coefficient (Wildman–Crippen LogP) is 1.94. The van der Waals surface area contributed by atoms with Gasteiger partial charge in [0.25, 0.3) is 5.91 Å². The van der Waals surface area contributed by atoms with Crippen molar-refractivity contribution < 1.29 is 9.53 Å². The highest BCUT2D eigenvalue weighted by Crippen LogP contribution is 2.19. The second-order valence-corrected chi connectivity index (χ2v) is 5.00. The second kappa shape index (κ2) is 5.82. The van der Waals surface area contributed by atoms with Crippen molar-refractivity contribution in [3.8, 4) is 0 Å². The van der Waals surface area contributed by atoms with Crippen LogP contribution in [0.4, 0.5) is 0 Å². The number of aromatic nitrogens is 2. The Labute approximate surface area is 115 Å². The molecule has 1 aliphatic heterocycles. The zero-order chi connectivity index (χ0) is 13.1. The fourth-order valence-corrected chi connectivity index (χ4v) is 2.19. The van der Waals surface area contributed by atoms with Gasteiger partial charge in [-0.3, -0.25) is 4.79 Å². The molecule has 5 nitrogen and oxygen atoms in total. The lowest BCUT2D eigenvalue weighted by molar-refractivity contribution is 0.0922. The van der Waals surface area contributed by atoms with Crippen molar-refractivity contribution >= 4 is 29.1 Å². The molecule has 18 heavy (non-hydrogen) atoms. The van der Waals surface area contributed by atoms with E-state index in [1.807, 2.05) is 6.92 Å². The third kappa shape index (κ3) is 3.10. The van der Waals surface area contributed by atoms with Crippen LogP contribution < -0.4 is 5.32 Å². The Hall–Kier alpha value is -0.910. The van der Waals surface area contributed by atoms with Crippen molar-refractivity contribution in [1.29, 1.82) is 0 Å². The van der Waals surface area contributed by atoms with Crippen LogP contribution in [0.5, 0.6) is 0 Å². The molecule has 1 aromatic heterocycles. The van der Waals surface area contributed by atoms with Crippen LogP contribution in [0.15, 0.2) is 6.07 Å². The lowest BCUT2D eigenvalue weighted by atomic mass is 10.0. The molecule has 2 atom stereocenters. The Morgan fingerprint density at radius 3 is 3.00 bits per heavy atom. The van der Waals surface area contributed by atoms with Crippen LogP contribution >= 0.6 is 23.2 Å². The molecule has 0 saturated carbocycles. The molecule has 7 heteroatoms. The number of halogens is 2. The summed E-state index contributed by atoms with van der Waals surface area (Å²) in [4.78, 5) is 12.0. The average molecular weight is 290 g/mol. The van der Waals surface area contributed by atoms with Gasteiger partial charge in [-0.05, 0) is 19.4 Å². The Balaban J connectivity index is 2.04.